The van der Waals surface area contributed by atoms with E-state index in [4.69, 9.17) is 33.0 Å². The lowest BCUT2D eigenvalue weighted by Crippen LogP contribution is -2.38. The van der Waals surface area contributed by atoms with Crippen molar-refractivity contribution < 1.29 is 24.5 Å². The quantitative estimate of drug-likeness (QED) is 0.371. The molecule has 0 unspecified atom stereocenters. The van der Waals surface area contributed by atoms with Gasteiger partial charge in [0, 0.05) is 27.7 Å². The SMILES string of the molecule is O=C(Cn1nc(C(=O)O)cc1OCc1cc(Cl)ccc1Cl)NC1CCCCC1.OCc1ccccc1. The highest BCUT2D eigenvalue weighted by Gasteiger charge is 2.20. The molecule has 192 valence electrons. The molecule has 8 nitrogen and oxygen atoms in total. The maximum absolute atomic E-state index is 12.4. The lowest BCUT2D eigenvalue weighted by Gasteiger charge is -2.22. The zero-order chi connectivity index (χ0) is 25.9. The molecule has 1 aliphatic rings. The maximum atomic E-state index is 12.4. The van der Waals surface area contributed by atoms with Gasteiger partial charge in [0.05, 0.1) is 6.61 Å². The number of hydrogen-bond donors (Lipinski definition) is 3. The molecule has 0 saturated heterocycles. The second-order valence-corrected chi connectivity index (χ2v) is 9.24. The molecule has 2 aromatic carbocycles. The van der Waals surface area contributed by atoms with Crippen molar-refractivity contribution in [3.8, 4) is 5.88 Å². The van der Waals surface area contributed by atoms with Gasteiger partial charge in [-0.05, 0) is 36.6 Å². The fourth-order valence-corrected chi connectivity index (χ4v) is 4.15. The normalized spacial score (nSPS) is 13.4. The molecule has 1 fully saturated rings. The van der Waals surface area contributed by atoms with Gasteiger partial charge in [0.1, 0.15) is 13.2 Å². The number of aliphatic hydroxyl groups is 1. The molecule has 1 amide bonds. The Bertz CT molecular complexity index is 1150. The monoisotopic (exact) mass is 533 g/mol. The lowest BCUT2D eigenvalue weighted by atomic mass is 9.95. The Kier molecular flexibility index (Phi) is 10.6. The zero-order valence-electron chi connectivity index (χ0n) is 19.7. The number of carboxylic acid groups (broad SMARTS) is 1. The highest BCUT2D eigenvalue weighted by Crippen LogP contribution is 2.23. The Labute approximate surface area is 219 Å². The zero-order valence-corrected chi connectivity index (χ0v) is 21.2. The van der Waals surface area contributed by atoms with Crippen LogP contribution in [-0.4, -0.2) is 37.9 Å². The van der Waals surface area contributed by atoms with Crippen LogP contribution in [-0.2, 0) is 24.6 Å². The molecular weight excluding hydrogens is 505 g/mol. The third-order valence-corrected chi connectivity index (χ3v) is 6.24. The first-order valence-electron chi connectivity index (χ1n) is 11.7. The number of carboxylic acids is 1. The summed E-state index contributed by atoms with van der Waals surface area (Å²) in [6.45, 7) is 0.0810. The molecule has 1 aliphatic carbocycles. The summed E-state index contributed by atoms with van der Waals surface area (Å²) >= 11 is 12.1. The van der Waals surface area contributed by atoms with Gasteiger partial charge >= 0.3 is 5.97 Å². The summed E-state index contributed by atoms with van der Waals surface area (Å²) in [6, 6.07) is 15.9. The van der Waals surface area contributed by atoms with Gasteiger partial charge < -0.3 is 20.3 Å². The van der Waals surface area contributed by atoms with Crippen molar-refractivity contribution in [3.63, 3.8) is 0 Å². The van der Waals surface area contributed by atoms with Crippen LogP contribution in [0.3, 0.4) is 0 Å². The summed E-state index contributed by atoms with van der Waals surface area (Å²) in [4.78, 5) is 23.6. The Morgan fingerprint density at radius 1 is 1.06 bits per heavy atom. The van der Waals surface area contributed by atoms with E-state index < -0.39 is 5.97 Å². The smallest absolute Gasteiger partial charge is 0.356 e. The number of rotatable bonds is 8. The average molecular weight is 534 g/mol. The number of carbonyl (C=O) groups excluding carboxylic acids is 1. The van der Waals surface area contributed by atoms with Crippen molar-refractivity contribution in [2.45, 2.75) is 57.9 Å². The van der Waals surface area contributed by atoms with Gasteiger partial charge in [-0.1, -0.05) is 72.8 Å². The first-order valence-corrected chi connectivity index (χ1v) is 12.4. The fourth-order valence-electron chi connectivity index (χ4n) is 3.78. The minimum atomic E-state index is -1.20. The number of aliphatic hydroxyl groups excluding tert-OH is 1. The standard InChI is InChI=1S/C19H21Cl2N3O4.C7H8O/c20-13-6-7-15(21)12(8-13)11-28-18-9-16(19(26)27)23-24(18)10-17(25)22-14-4-2-1-3-5-14;8-6-7-4-2-1-3-5-7/h6-9,14H,1-5,10-11H2,(H,22,25)(H,26,27);1-5,8H,6H2. The minimum absolute atomic E-state index is 0.0639. The number of hydrogen-bond acceptors (Lipinski definition) is 5. The molecule has 0 atom stereocenters. The third-order valence-electron chi connectivity index (χ3n) is 5.63. The van der Waals surface area contributed by atoms with Crippen LogP contribution in [0, 0.1) is 0 Å². The van der Waals surface area contributed by atoms with Gasteiger partial charge in [0.25, 0.3) is 0 Å². The van der Waals surface area contributed by atoms with Gasteiger partial charge in [0.2, 0.25) is 11.8 Å². The van der Waals surface area contributed by atoms with E-state index in [1.54, 1.807) is 18.2 Å². The third kappa shape index (κ3) is 8.55. The molecule has 36 heavy (non-hydrogen) atoms. The van der Waals surface area contributed by atoms with E-state index in [9.17, 15) is 14.7 Å². The summed E-state index contributed by atoms with van der Waals surface area (Å²) in [5, 5.41) is 25.7. The second kappa shape index (κ2) is 13.9. The van der Waals surface area contributed by atoms with Crippen molar-refractivity contribution in [3.05, 3.63) is 81.5 Å². The van der Waals surface area contributed by atoms with E-state index in [1.807, 2.05) is 30.3 Å². The summed E-state index contributed by atoms with van der Waals surface area (Å²) in [5.74, 6) is -1.25. The van der Waals surface area contributed by atoms with Crippen molar-refractivity contribution in [1.82, 2.24) is 15.1 Å². The molecule has 4 rings (SSSR count). The Balaban J connectivity index is 0.000000383. The van der Waals surface area contributed by atoms with Crippen LogP contribution in [0.1, 0.15) is 53.7 Å². The van der Waals surface area contributed by atoms with Crippen LogP contribution in [0.5, 0.6) is 5.88 Å². The van der Waals surface area contributed by atoms with Crippen LogP contribution in [0.25, 0.3) is 0 Å². The van der Waals surface area contributed by atoms with Crippen molar-refractivity contribution in [1.29, 1.82) is 0 Å². The molecule has 1 aromatic heterocycles. The van der Waals surface area contributed by atoms with E-state index in [1.165, 1.54) is 17.2 Å². The van der Waals surface area contributed by atoms with E-state index in [0.717, 1.165) is 31.2 Å². The predicted octanol–water partition coefficient (Wildman–Crippen LogP) is 5.09. The molecule has 10 heteroatoms. The summed E-state index contributed by atoms with van der Waals surface area (Å²) in [5.41, 5.74) is 1.41. The predicted molar refractivity (Wildman–Crippen MR) is 137 cm³/mol. The number of amides is 1. The summed E-state index contributed by atoms with van der Waals surface area (Å²) in [6.07, 6.45) is 5.32. The van der Waals surface area contributed by atoms with Gasteiger partial charge in [-0.3, -0.25) is 4.79 Å². The van der Waals surface area contributed by atoms with E-state index in [-0.39, 0.29) is 43.3 Å². The number of ether oxygens (including phenoxy) is 1. The number of aromatic carboxylic acids is 1. The maximum Gasteiger partial charge on any atom is 0.356 e. The van der Waals surface area contributed by atoms with Gasteiger partial charge in [-0.15, -0.1) is 0 Å². The van der Waals surface area contributed by atoms with Crippen LogP contribution in [0.2, 0.25) is 10.0 Å². The number of halogens is 2. The number of nitrogens with one attached hydrogen (secondary N) is 1. The first-order chi connectivity index (χ1) is 17.4. The number of carbonyl (C=O) groups is 2. The Morgan fingerprint density at radius 2 is 1.78 bits per heavy atom. The molecule has 3 aromatic rings. The van der Waals surface area contributed by atoms with Crippen LogP contribution < -0.4 is 10.1 Å². The highest BCUT2D eigenvalue weighted by molar-refractivity contribution is 6.33. The molecule has 0 spiro atoms. The van der Waals surface area contributed by atoms with E-state index >= 15 is 0 Å². The largest absolute Gasteiger partial charge is 0.476 e. The van der Waals surface area contributed by atoms with Crippen LogP contribution in [0.15, 0.2) is 54.6 Å². The van der Waals surface area contributed by atoms with Crippen LogP contribution >= 0.6 is 23.2 Å². The number of benzene rings is 2. The first kappa shape index (κ1) is 27.5. The lowest BCUT2D eigenvalue weighted by molar-refractivity contribution is -0.122. The number of aromatic nitrogens is 2. The van der Waals surface area contributed by atoms with Crippen molar-refractivity contribution in [2.75, 3.05) is 0 Å². The topological polar surface area (TPSA) is 114 Å². The average Bonchev–Trinajstić information content (AvgIpc) is 3.28. The molecule has 1 heterocycles. The number of nitrogens with zero attached hydrogens (tertiary/aromatic N) is 2. The molecule has 0 aliphatic heterocycles. The fraction of sp³-hybridized carbons (Fsp3) is 0.346. The molecule has 0 bridgehead atoms. The van der Waals surface area contributed by atoms with E-state index in [2.05, 4.69) is 10.4 Å². The minimum Gasteiger partial charge on any atom is -0.476 e. The molecule has 0 radical (unpaired) electrons. The molecular formula is C26H29Cl2N3O5. The molecule has 1 saturated carbocycles. The second-order valence-electron chi connectivity index (χ2n) is 8.40. The summed E-state index contributed by atoms with van der Waals surface area (Å²) in [7, 11) is 0. The summed E-state index contributed by atoms with van der Waals surface area (Å²) < 4.78 is 6.94. The highest BCUT2D eigenvalue weighted by atomic mass is 35.5. The van der Waals surface area contributed by atoms with Gasteiger partial charge in [-0.25, -0.2) is 9.48 Å². The van der Waals surface area contributed by atoms with Gasteiger partial charge in [0.15, 0.2) is 5.69 Å². The van der Waals surface area contributed by atoms with Crippen molar-refractivity contribution in [2.24, 2.45) is 0 Å². The van der Waals surface area contributed by atoms with Crippen molar-refractivity contribution >= 4 is 35.1 Å². The van der Waals surface area contributed by atoms with E-state index in [0.29, 0.717) is 15.6 Å². The Hall–Kier alpha value is -3.07. The molecule has 3 N–H and O–H groups in total. The van der Waals surface area contributed by atoms with Gasteiger partial charge in [-0.2, -0.15) is 5.10 Å². The van der Waals surface area contributed by atoms with Crippen LogP contribution in [0.4, 0.5) is 0 Å². The Morgan fingerprint density at radius 3 is 2.42 bits per heavy atom.